The van der Waals surface area contributed by atoms with Gasteiger partial charge in [-0.3, -0.25) is 14.4 Å². The summed E-state index contributed by atoms with van der Waals surface area (Å²) < 4.78 is 16.6. The molecule has 0 saturated heterocycles. The Morgan fingerprint density at radius 2 is 0.767 bits per heavy atom. The van der Waals surface area contributed by atoms with Crippen molar-refractivity contribution >= 4 is 17.9 Å². The third-order valence-electron chi connectivity index (χ3n) is 9.60. The van der Waals surface area contributed by atoms with E-state index < -0.39 is 6.10 Å². The van der Waals surface area contributed by atoms with Crippen LogP contribution in [0.3, 0.4) is 0 Å². The molecule has 6 nitrogen and oxygen atoms in total. The fourth-order valence-corrected chi connectivity index (χ4v) is 6.05. The minimum atomic E-state index is -0.827. The predicted molar refractivity (Wildman–Crippen MR) is 256 cm³/mol. The van der Waals surface area contributed by atoms with Crippen LogP contribution in [0.4, 0.5) is 0 Å². The van der Waals surface area contributed by atoms with Gasteiger partial charge in [0.05, 0.1) is 0 Å². The smallest absolute Gasteiger partial charge is 0.306 e. The molecule has 0 fully saturated rings. The maximum absolute atomic E-state index is 12.7. The first-order chi connectivity index (χ1) is 29.5. The Morgan fingerprint density at radius 1 is 0.367 bits per heavy atom. The summed E-state index contributed by atoms with van der Waals surface area (Å²) in [5.41, 5.74) is 0. The highest BCUT2D eigenvalue weighted by Gasteiger charge is 2.19. The summed E-state index contributed by atoms with van der Waals surface area (Å²) in [6, 6.07) is 0. The summed E-state index contributed by atoms with van der Waals surface area (Å²) in [6.45, 7) is 6.25. The highest BCUT2D eigenvalue weighted by molar-refractivity contribution is 5.71. The molecule has 1 atom stereocenters. The van der Waals surface area contributed by atoms with E-state index in [9.17, 15) is 14.4 Å². The van der Waals surface area contributed by atoms with E-state index in [1.54, 1.807) is 0 Å². The van der Waals surface area contributed by atoms with Crippen LogP contribution in [-0.4, -0.2) is 37.2 Å². The van der Waals surface area contributed by atoms with Crippen LogP contribution in [0, 0.1) is 0 Å². The normalized spacial score (nSPS) is 13.1. The first-order valence-electron chi connectivity index (χ1n) is 23.9. The maximum atomic E-state index is 12.7. The molecule has 0 amide bonds. The van der Waals surface area contributed by atoms with Gasteiger partial charge >= 0.3 is 17.9 Å². The molecule has 0 N–H and O–H groups in total. The molecule has 0 aromatic carbocycles. The Bertz CT molecular complexity index is 1280. The minimum absolute atomic E-state index is 0.121. The van der Waals surface area contributed by atoms with Gasteiger partial charge in [0.1, 0.15) is 13.2 Å². The zero-order chi connectivity index (χ0) is 43.7. The van der Waals surface area contributed by atoms with E-state index in [0.717, 1.165) is 89.9 Å². The standard InChI is InChI=1S/C54H86O6/c1-4-7-10-13-16-19-22-25-26-27-30-32-35-38-41-44-47-53(56)59-50-51(60-54(57)48-45-42-39-36-33-29-24-21-18-15-12-9-6-3)49-58-52(55)46-43-40-37-34-31-28-23-20-17-14-11-8-5-2/h7,9-10,12,15-16,18-19,21,24-26,28-29,31,33,37,40,51H,4-6,8,11,13-14,17,20,22-23,27,30,32,34-36,38-39,41-50H2,1-3H3/b10-7-,12-9-,18-15-,19-16-,24-21-,26-25-,31-28-,33-29-,40-37-. The molecule has 0 aromatic rings. The summed E-state index contributed by atoms with van der Waals surface area (Å²) in [4.78, 5) is 37.8. The van der Waals surface area contributed by atoms with Crippen molar-refractivity contribution in [2.75, 3.05) is 13.2 Å². The number of rotatable bonds is 41. The molecule has 0 radical (unpaired) electrons. The molecule has 0 bridgehead atoms. The molecule has 0 aliphatic heterocycles. The average Bonchev–Trinajstić information content (AvgIpc) is 3.24. The molecule has 0 heterocycles. The molecule has 0 saturated carbocycles. The number of hydrogen-bond donors (Lipinski definition) is 0. The van der Waals surface area contributed by atoms with Crippen LogP contribution >= 0.6 is 0 Å². The average molecular weight is 831 g/mol. The Morgan fingerprint density at radius 3 is 1.33 bits per heavy atom. The van der Waals surface area contributed by atoms with E-state index >= 15 is 0 Å². The van der Waals surface area contributed by atoms with Gasteiger partial charge in [-0.2, -0.15) is 0 Å². The molecule has 0 aromatic heterocycles. The summed E-state index contributed by atoms with van der Waals surface area (Å²) in [5, 5.41) is 0. The lowest BCUT2D eigenvalue weighted by Gasteiger charge is -2.18. The zero-order valence-electron chi connectivity index (χ0n) is 38.4. The van der Waals surface area contributed by atoms with Crippen LogP contribution in [0.5, 0.6) is 0 Å². The van der Waals surface area contributed by atoms with Gasteiger partial charge in [-0.15, -0.1) is 0 Å². The Balaban J connectivity index is 4.54. The quantitative estimate of drug-likeness (QED) is 0.0201. The number of ether oxygens (including phenoxy) is 3. The number of carbonyl (C=O) groups excluding carboxylic acids is 3. The maximum Gasteiger partial charge on any atom is 0.306 e. The topological polar surface area (TPSA) is 78.9 Å². The van der Waals surface area contributed by atoms with Gasteiger partial charge in [0, 0.05) is 19.3 Å². The van der Waals surface area contributed by atoms with Crippen LogP contribution in [0.25, 0.3) is 0 Å². The van der Waals surface area contributed by atoms with Gasteiger partial charge in [-0.05, 0) is 89.9 Å². The second-order valence-corrected chi connectivity index (χ2v) is 15.3. The van der Waals surface area contributed by atoms with Crippen LogP contribution in [0.2, 0.25) is 0 Å². The van der Waals surface area contributed by atoms with Gasteiger partial charge in [0.2, 0.25) is 0 Å². The molecule has 0 spiro atoms. The Hall–Kier alpha value is -3.93. The van der Waals surface area contributed by atoms with Crippen molar-refractivity contribution in [1.82, 2.24) is 0 Å². The largest absolute Gasteiger partial charge is 0.462 e. The number of carbonyl (C=O) groups is 3. The van der Waals surface area contributed by atoms with Crippen LogP contribution < -0.4 is 0 Å². The van der Waals surface area contributed by atoms with Crippen LogP contribution in [0.1, 0.15) is 194 Å². The molecule has 1 unspecified atom stereocenters. The van der Waals surface area contributed by atoms with Gasteiger partial charge in [-0.1, -0.05) is 194 Å². The molecule has 6 heteroatoms. The fraction of sp³-hybridized carbons (Fsp3) is 0.611. The summed E-state index contributed by atoms with van der Waals surface area (Å²) in [5.74, 6) is -1.05. The van der Waals surface area contributed by atoms with Crippen LogP contribution in [0.15, 0.2) is 109 Å². The monoisotopic (exact) mass is 831 g/mol. The van der Waals surface area contributed by atoms with E-state index in [2.05, 4.69) is 87.6 Å². The van der Waals surface area contributed by atoms with E-state index in [1.807, 2.05) is 42.5 Å². The van der Waals surface area contributed by atoms with E-state index in [-0.39, 0.29) is 44.0 Å². The van der Waals surface area contributed by atoms with Crippen molar-refractivity contribution in [3.63, 3.8) is 0 Å². The summed E-state index contributed by atoms with van der Waals surface area (Å²) >= 11 is 0. The van der Waals surface area contributed by atoms with Crippen molar-refractivity contribution in [2.24, 2.45) is 0 Å². The summed E-state index contributed by atoms with van der Waals surface area (Å²) in [6.07, 6.45) is 63.7. The Kier molecular flexibility index (Phi) is 44.6. The molecule has 0 aliphatic carbocycles. The van der Waals surface area contributed by atoms with Crippen molar-refractivity contribution in [1.29, 1.82) is 0 Å². The first-order valence-corrected chi connectivity index (χ1v) is 23.9. The molecule has 0 rings (SSSR count). The lowest BCUT2D eigenvalue weighted by atomic mass is 10.1. The minimum Gasteiger partial charge on any atom is -0.462 e. The molecule has 338 valence electrons. The third kappa shape index (κ3) is 45.2. The van der Waals surface area contributed by atoms with Gasteiger partial charge in [0.25, 0.3) is 0 Å². The van der Waals surface area contributed by atoms with Crippen molar-refractivity contribution in [3.8, 4) is 0 Å². The second-order valence-electron chi connectivity index (χ2n) is 15.3. The highest BCUT2D eigenvalue weighted by atomic mass is 16.6. The molecular weight excluding hydrogens is 745 g/mol. The van der Waals surface area contributed by atoms with E-state index in [4.69, 9.17) is 14.2 Å². The fourth-order valence-electron chi connectivity index (χ4n) is 6.05. The van der Waals surface area contributed by atoms with Gasteiger partial charge in [-0.25, -0.2) is 0 Å². The van der Waals surface area contributed by atoms with Crippen molar-refractivity contribution in [2.45, 2.75) is 200 Å². The number of allylic oxidation sites excluding steroid dienone is 18. The van der Waals surface area contributed by atoms with Crippen LogP contribution in [-0.2, 0) is 28.6 Å². The van der Waals surface area contributed by atoms with Gasteiger partial charge < -0.3 is 14.2 Å². The SMILES string of the molecule is CC\C=C/C=C\C=C/C=C\CCCCCC(=O)OC(COC(=O)CC/C=C\C/C=C\CCCCCCCC)COC(=O)CCCCCCCC/C=C\C/C=C\C/C=C\CC. The number of unbranched alkanes of at least 4 members (excludes halogenated alkanes) is 15. The molecular formula is C54H86O6. The number of esters is 3. The highest BCUT2D eigenvalue weighted by Crippen LogP contribution is 2.12. The van der Waals surface area contributed by atoms with Gasteiger partial charge in [0.15, 0.2) is 6.10 Å². The second kappa shape index (κ2) is 47.7. The predicted octanol–water partition coefficient (Wildman–Crippen LogP) is 15.6. The van der Waals surface area contributed by atoms with E-state index in [1.165, 1.54) is 51.4 Å². The number of hydrogen-bond acceptors (Lipinski definition) is 6. The lowest BCUT2D eigenvalue weighted by molar-refractivity contribution is -0.166. The Labute approximate surface area is 368 Å². The summed E-state index contributed by atoms with van der Waals surface area (Å²) in [7, 11) is 0. The molecule has 0 aliphatic rings. The van der Waals surface area contributed by atoms with Crippen molar-refractivity contribution < 1.29 is 28.6 Å². The third-order valence-corrected chi connectivity index (χ3v) is 9.60. The lowest BCUT2D eigenvalue weighted by Crippen LogP contribution is -2.30. The van der Waals surface area contributed by atoms with Crippen molar-refractivity contribution in [3.05, 3.63) is 109 Å². The zero-order valence-corrected chi connectivity index (χ0v) is 38.4. The molecule has 60 heavy (non-hydrogen) atoms. The van der Waals surface area contributed by atoms with E-state index in [0.29, 0.717) is 19.3 Å². The first kappa shape index (κ1) is 56.1.